The fraction of sp³-hybridized carbons (Fsp3) is 0.312. The van der Waals surface area contributed by atoms with E-state index < -0.39 is 12.2 Å². The minimum atomic E-state index is -0.511. The molecule has 8 nitrogen and oxygen atoms in total. The Morgan fingerprint density at radius 2 is 1.44 bits per heavy atom. The van der Waals surface area contributed by atoms with Crippen molar-refractivity contribution < 1.29 is 23.8 Å². The number of carbonyl (C=O) groups excluding carboxylic acids is 2. The van der Waals surface area contributed by atoms with Crippen molar-refractivity contribution in [1.82, 2.24) is 15.5 Å². The molecule has 1 aliphatic heterocycles. The van der Waals surface area contributed by atoms with Gasteiger partial charge in [0.1, 0.15) is 23.9 Å². The largest absolute Gasteiger partial charge is 0.492 e. The van der Waals surface area contributed by atoms with Crippen molar-refractivity contribution in [2.45, 2.75) is 25.7 Å². The van der Waals surface area contributed by atoms with Crippen molar-refractivity contribution >= 4 is 33.6 Å². The average Bonchev–Trinajstić information content (AvgIpc) is 3.36. The van der Waals surface area contributed by atoms with Gasteiger partial charge in [0.15, 0.2) is 0 Å². The van der Waals surface area contributed by atoms with E-state index in [9.17, 15) is 9.59 Å². The molecule has 2 heterocycles. The summed E-state index contributed by atoms with van der Waals surface area (Å²) in [6.07, 6.45) is 3.60. The molecule has 5 rings (SSSR count). The predicted octanol–water partition coefficient (Wildman–Crippen LogP) is 6.46. The second-order valence-corrected chi connectivity index (χ2v) is 11.0. The number of piperidine rings is 1. The van der Waals surface area contributed by atoms with Crippen molar-refractivity contribution in [3.8, 4) is 27.7 Å². The second kappa shape index (κ2) is 13.5. The Balaban J connectivity index is 1.37. The molecule has 1 saturated heterocycles. The lowest BCUT2D eigenvalue weighted by Gasteiger charge is -2.26. The highest BCUT2D eigenvalue weighted by molar-refractivity contribution is 7.22. The Morgan fingerprint density at radius 1 is 0.805 bits per heavy atom. The number of hydrogen-bond donors (Lipinski definition) is 2. The van der Waals surface area contributed by atoms with Gasteiger partial charge in [-0.15, -0.1) is 11.3 Å². The third-order valence-corrected chi connectivity index (χ3v) is 8.38. The zero-order chi connectivity index (χ0) is 28.6. The van der Waals surface area contributed by atoms with Crippen LogP contribution >= 0.6 is 11.3 Å². The van der Waals surface area contributed by atoms with E-state index in [1.807, 2.05) is 42.5 Å². The van der Waals surface area contributed by atoms with Crippen molar-refractivity contribution in [2.75, 3.05) is 40.3 Å². The highest BCUT2D eigenvalue weighted by Crippen LogP contribution is 2.41. The Kier molecular flexibility index (Phi) is 9.38. The van der Waals surface area contributed by atoms with Gasteiger partial charge in [0.05, 0.1) is 0 Å². The number of ether oxygens (including phenoxy) is 3. The summed E-state index contributed by atoms with van der Waals surface area (Å²) < 4.78 is 17.7. The van der Waals surface area contributed by atoms with Gasteiger partial charge in [0, 0.05) is 30.2 Å². The van der Waals surface area contributed by atoms with Gasteiger partial charge in [-0.05, 0) is 109 Å². The average molecular weight is 574 g/mol. The maximum Gasteiger partial charge on any atom is 0.412 e. The number of nitrogens with one attached hydrogen (secondary N) is 2. The summed E-state index contributed by atoms with van der Waals surface area (Å²) >= 11 is 1.64. The number of hydrogen-bond acceptors (Lipinski definition) is 7. The van der Waals surface area contributed by atoms with Gasteiger partial charge in [0.25, 0.3) is 0 Å². The summed E-state index contributed by atoms with van der Waals surface area (Å²) in [5, 5.41) is 6.04. The Hall–Kier alpha value is -4.08. The van der Waals surface area contributed by atoms with E-state index in [4.69, 9.17) is 14.2 Å². The number of benzene rings is 3. The van der Waals surface area contributed by atoms with Crippen LogP contribution < -0.4 is 24.8 Å². The van der Waals surface area contributed by atoms with Crippen LogP contribution in [0, 0.1) is 0 Å². The first-order valence-corrected chi connectivity index (χ1v) is 14.7. The third kappa shape index (κ3) is 7.36. The first kappa shape index (κ1) is 28.4. The smallest absolute Gasteiger partial charge is 0.412 e. The molecular weight excluding hydrogens is 538 g/mol. The van der Waals surface area contributed by atoms with Crippen LogP contribution in [0.3, 0.4) is 0 Å². The number of fused-ring (bicyclic) bond motifs is 1. The van der Waals surface area contributed by atoms with Gasteiger partial charge in [-0.1, -0.05) is 18.6 Å². The zero-order valence-corrected chi connectivity index (χ0v) is 24.2. The minimum absolute atomic E-state index is 0.466. The molecular formula is C32H35N3O5S. The normalized spacial score (nSPS) is 13.5. The molecule has 2 N–H and O–H groups in total. The molecule has 2 amide bonds. The molecule has 1 aromatic heterocycles. The lowest BCUT2D eigenvalue weighted by molar-refractivity contribution is 0.183. The van der Waals surface area contributed by atoms with E-state index in [-0.39, 0.29) is 0 Å². The molecule has 0 spiro atoms. The van der Waals surface area contributed by atoms with Crippen LogP contribution in [0.25, 0.3) is 20.5 Å². The summed E-state index contributed by atoms with van der Waals surface area (Å²) in [6, 6.07) is 21.5. The molecule has 0 saturated carbocycles. The second-order valence-electron chi connectivity index (χ2n) is 9.94. The van der Waals surface area contributed by atoms with Crippen LogP contribution in [0.5, 0.6) is 17.2 Å². The van der Waals surface area contributed by atoms with Gasteiger partial charge in [0.2, 0.25) is 0 Å². The number of nitrogens with zero attached hydrogens (tertiary/aromatic N) is 1. The molecule has 9 heteroatoms. The summed E-state index contributed by atoms with van der Waals surface area (Å²) in [5.74, 6) is 1.83. The van der Waals surface area contributed by atoms with E-state index in [1.165, 1.54) is 57.6 Å². The fourth-order valence-electron chi connectivity index (χ4n) is 4.98. The van der Waals surface area contributed by atoms with Gasteiger partial charge >= 0.3 is 12.2 Å². The first-order valence-electron chi connectivity index (χ1n) is 13.9. The highest BCUT2D eigenvalue weighted by atomic mass is 32.1. The monoisotopic (exact) mass is 573 g/mol. The third-order valence-electron chi connectivity index (χ3n) is 7.14. The Labute approximate surface area is 244 Å². The molecule has 41 heavy (non-hydrogen) atoms. The number of likely N-dealkylation sites (tertiary alicyclic amines) is 1. The molecule has 1 fully saturated rings. The van der Waals surface area contributed by atoms with E-state index in [1.54, 1.807) is 23.5 Å². The van der Waals surface area contributed by atoms with Gasteiger partial charge in [-0.3, -0.25) is 4.90 Å². The topological polar surface area (TPSA) is 89.1 Å². The Morgan fingerprint density at radius 3 is 2.12 bits per heavy atom. The minimum Gasteiger partial charge on any atom is -0.492 e. The molecule has 0 aliphatic carbocycles. The summed E-state index contributed by atoms with van der Waals surface area (Å²) in [6.45, 7) is 3.99. The molecule has 0 unspecified atom stereocenters. The molecule has 3 aromatic carbocycles. The summed E-state index contributed by atoms with van der Waals surface area (Å²) in [7, 11) is 3.06. The maximum absolute atomic E-state index is 11.8. The fourth-order valence-corrected chi connectivity index (χ4v) is 6.23. The van der Waals surface area contributed by atoms with Crippen LogP contribution in [-0.4, -0.2) is 57.4 Å². The molecule has 0 radical (unpaired) electrons. The van der Waals surface area contributed by atoms with Crippen LogP contribution in [0.1, 0.15) is 30.4 Å². The lowest BCUT2D eigenvalue weighted by Crippen LogP contribution is -2.33. The van der Waals surface area contributed by atoms with E-state index >= 15 is 0 Å². The van der Waals surface area contributed by atoms with Gasteiger partial charge in [-0.2, -0.15) is 0 Å². The molecule has 0 bridgehead atoms. The van der Waals surface area contributed by atoms with Crippen LogP contribution in [0.4, 0.5) is 9.59 Å². The van der Waals surface area contributed by atoms with E-state index in [2.05, 4.69) is 27.7 Å². The van der Waals surface area contributed by atoms with Crippen molar-refractivity contribution in [3.63, 3.8) is 0 Å². The highest BCUT2D eigenvalue weighted by Gasteiger charge is 2.17. The molecule has 0 atom stereocenters. The van der Waals surface area contributed by atoms with E-state index in [0.717, 1.165) is 39.2 Å². The number of carbonyl (C=O) groups is 2. The predicted molar refractivity (Wildman–Crippen MR) is 162 cm³/mol. The first-order chi connectivity index (χ1) is 20.0. The van der Waals surface area contributed by atoms with Gasteiger partial charge in [-0.25, -0.2) is 9.59 Å². The number of amides is 2. The standard InChI is InChI=1S/C32H35N3O5S/c1-33-31(36)39-25-12-8-23(9-13-25)30-28(27-15-14-26(21-29(27)41-30)40-32(37)34-2)20-22-6-10-24(11-7-22)38-19-18-35-16-4-3-5-17-35/h6-15,21H,3-5,16-20H2,1-2H3,(H,33,36)(H,34,37). The van der Waals surface area contributed by atoms with Gasteiger partial charge < -0.3 is 24.8 Å². The van der Waals surface area contributed by atoms with Crippen molar-refractivity contribution in [3.05, 3.63) is 77.9 Å². The molecule has 4 aromatic rings. The zero-order valence-electron chi connectivity index (χ0n) is 23.4. The molecule has 1 aliphatic rings. The number of rotatable bonds is 9. The Bertz CT molecular complexity index is 1480. The SMILES string of the molecule is CNC(=O)Oc1ccc(-c2sc3cc(OC(=O)NC)ccc3c2Cc2ccc(OCCN3CCCCC3)cc2)cc1. The van der Waals surface area contributed by atoms with Crippen LogP contribution in [0.2, 0.25) is 0 Å². The summed E-state index contributed by atoms with van der Waals surface area (Å²) in [5.41, 5.74) is 3.35. The maximum atomic E-state index is 11.8. The van der Waals surface area contributed by atoms with E-state index in [0.29, 0.717) is 18.1 Å². The number of thiophene rings is 1. The van der Waals surface area contributed by atoms with Crippen molar-refractivity contribution in [1.29, 1.82) is 0 Å². The molecule has 214 valence electrons. The van der Waals surface area contributed by atoms with Crippen LogP contribution in [-0.2, 0) is 6.42 Å². The van der Waals surface area contributed by atoms with Crippen LogP contribution in [0.15, 0.2) is 66.7 Å². The summed E-state index contributed by atoms with van der Waals surface area (Å²) in [4.78, 5) is 27.0. The lowest BCUT2D eigenvalue weighted by atomic mass is 9.99. The van der Waals surface area contributed by atoms with Crippen molar-refractivity contribution in [2.24, 2.45) is 0 Å². The quantitative estimate of drug-likeness (QED) is 0.239.